The Labute approximate surface area is 205 Å². The number of carbonyl (C=O) groups is 1. The van der Waals surface area contributed by atoms with Crippen molar-refractivity contribution in [3.05, 3.63) is 66.2 Å². The van der Waals surface area contributed by atoms with E-state index in [2.05, 4.69) is 22.3 Å². The van der Waals surface area contributed by atoms with Gasteiger partial charge in [-0.15, -0.1) is 0 Å². The van der Waals surface area contributed by atoms with Gasteiger partial charge in [-0.25, -0.2) is 4.52 Å². The number of hydrogen-bond acceptors (Lipinski definition) is 7. The summed E-state index contributed by atoms with van der Waals surface area (Å²) in [5, 5.41) is 37.6. The predicted octanol–water partition coefficient (Wildman–Crippen LogP) is 3.25. The zero-order chi connectivity index (χ0) is 24.5. The minimum atomic E-state index is -1.01. The molecule has 2 atom stereocenters. The van der Waals surface area contributed by atoms with E-state index in [1.165, 1.54) is 24.9 Å². The Kier molecular flexibility index (Phi) is 6.00. The number of aliphatic hydroxyl groups is 1. The normalized spacial score (nSPS) is 16.2. The van der Waals surface area contributed by atoms with Crippen molar-refractivity contribution in [1.82, 2.24) is 24.3 Å². The van der Waals surface area contributed by atoms with E-state index in [1.54, 1.807) is 21.7 Å². The van der Waals surface area contributed by atoms with Crippen molar-refractivity contribution in [2.75, 3.05) is 13.1 Å². The maximum atomic E-state index is 12.1. The average Bonchev–Trinajstić information content (AvgIpc) is 3.63. The van der Waals surface area contributed by atoms with Crippen LogP contribution in [0, 0.1) is 22.7 Å². The molecule has 0 unspecified atom stereocenters. The van der Waals surface area contributed by atoms with Crippen molar-refractivity contribution in [2.45, 2.75) is 35.3 Å². The van der Waals surface area contributed by atoms with Crippen LogP contribution in [0.15, 0.2) is 64.9 Å². The van der Waals surface area contributed by atoms with Gasteiger partial charge in [-0.1, -0.05) is 23.9 Å². The highest BCUT2D eigenvalue weighted by molar-refractivity contribution is 7.99. The zero-order valence-corrected chi connectivity index (χ0v) is 19.7. The van der Waals surface area contributed by atoms with E-state index in [-0.39, 0.29) is 11.9 Å². The molecule has 1 fully saturated rings. The van der Waals surface area contributed by atoms with Crippen molar-refractivity contribution < 1.29 is 9.90 Å². The number of fused-ring (bicyclic) bond motifs is 1. The van der Waals surface area contributed by atoms with E-state index in [1.807, 2.05) is 41.3 Å². The van der Waals surface area contributed by atoms with Crippen molar-refractivity contribution in [3.63, 3.8) is 0 Å². The lowest BCUT2D eigenvalue weighted by molar-refractivity contribution is -0.138. The molecule has 0 spiro atoms. The standard InChI is InChI=1S/C25H21N7O2S/c1-16(33)25(34)30-7-6-21(15-30)31-14-20(12-28-31)18-8-23(24-19(10-27)11-29-32(24)13-18)35-22-5-3-2-4-17(22)9-26/h2-5,8,11-14,16,21,33H,6-7,15H2,1H3/t16-,21+/m0/s1. The van der Waals surface area contributed by atoms with Crippen LogP contribution in [0.1, 0.15) is 30.5 Å². The zero-order valence-electron chi connectivity index (χ0n) is 18.9. The van der Waals surface area contributed by atoms with Crippen LogP contribution in [-0.2, 0) is 4.79 Å². The molecular weight excluding hydrogens is 462 g/mol. The molecule has 5 rings (SSSR count). The topological polar surface area (TPSA) is 123 Å². The van der Waals surface area contributed by atoms with Gasteiger partial charge < -0.3 is 10.0 Å². The molecule has 1 aliphatic heterocycles. The lowest BCUT2D eigenvalue weighted by Crippen LogP contribution is -2.36. The summed E-state index contributed by atoms with van der Waals surface area (Å²) in [6.45, 7) is 2.56. The molecule has 1 amide bonds. The molecule has 3 aromatic heterocycles. The summed E-state index contributed by atoms with van der Waals surface area (Å²) in [6.07, 6.45) is 6.85. The molecule has 0 saturated carbocycles. The van der Waals surface area contributed by atoms with Crippen molar-refractivity contribution in [2.24, 2.45) is 0 Å². The van der Waals surface area contributed by atoms with Crippen LogP contribution in [0.4, 0.5) is 0 Å². The van der Waals surface area contributed by atoms with Crippen LogP contribution in [0.2, 0.25) is 0 Å². The Morgan fingerprint density at radius 1 is 1.11 bits per heavy atom. The van der Waals surface area contributed by atoms with Gasteiger partial charge in [-0.05, 0) is 31.5 Å². The summed E-state index contributed by atoms with van der Waals surface area (Å²) in [5.74, 6) is -0.267. The number of carbonyl (C=O) groups excluding carboxylic acids is 1. The molecule has 35 heavy (non-hydrogen) atoms. The highest BCUT2D eigenvalue weighted by Gasteiger charge is 2.29. The average molecular weight is 484 g/mol. The maximum Gasteiger partial charge on any atom is 0.251 e. The maximum absolute atomic E-state index is 12.1. The molecule has 0 aliphatic carbocycles. The molecule has 4 heterocycles. The minimum absolute atomic E-state index is 0.0291. The van der Waals surface area contributed by atoms with Crippen molar-refractivity contribution in [1.29, 1.82) is 10.5 Å². The molecule has 0 bridgehead atoms. The highest BCUT2D eigenvalue weighted by Crippen LogP contribution is 2.37. The third kappa shape index (κ3) is 4.26. The summed E-state index contributed by atoms with van der Waals surface area (Å²) in [6, 6.07) is 13.8. The molecule has 1 aromatic carbocycles. The molecule has 174 valence electrons. The van der Waals surface area contributed by atoms with Gasteiger partial charge >= 0.3 is 0 Å². The Balaban J connectivity index is 1.49. The van der Waals surface area contributed by atoms with E-state index < -0.39 is 6.10 Å². The number of nitriles is 2. The number of benzene rings is 1. The van der Waals surface area contributed by atoms with E-state index in [0.717, 1.165) is 27.3 Å². The number of hydrogen-bond donors (Lipinski definition) is 1. The molecule has 9 nitrogen and oxygen atoms in total. The first-order valence-corrected chi connectivity index (χ1v) is 11.9. The quantitative estimate of drug-likeness (QED) is 0.462. The van der Waals surface area contributed by atoms with E-state index in [0.29, 0.717) is 29.7 Å². The van der Waals surface area contributed by atoms with E-state index >= 15 is 0 Å². The number of likely N-dealkylation sites (tertiary alicyclic amines) is 1. The lowest BCUT2D eigenvalue weighted by atomic mass is 10.1. The molecule has 10 heteroatoms. The predicted molar refractivity (Wildman–Crippen MR) is 128 cm³/mol. The van der Waals surface area contributed by atoms with Crippen molar-refractivity contribution >= 4 is 23.2 Å². The Bertz CT molecular complexity index is 1510. The monoisotopic (exact) mass is 483 g/mol. The molecular formula is C25H21N7O2S. The smallest absolute Gasteiger partial charge is 0.251 e. The number of nitrogens with zero attached hydrogens (tertiary/aromatic N) is 7. The van der Waals surface area contributed by atoms with Gasteiger partial charge in [0.25, 0.3) is 5.91 Å². The Morgan fingerprint density at radius 3 is 2.69 bits per heavy atom. The summed E-state index contributed by atoms with van der Waals surface area (Å²) >= 11 is 1.42. The SMILES string of the molecule is C[C@H](O)C(=O)N1CC[C@@H](n2cc(-c3cc(Sc4ccccc4C#N)c4c(C#N)cnn4c3)cn2)C1. The number of rotatable bonds is 5. The second kappa shape index (κ2) is 9.26. The fraction of sp³-hybridized carbons (Fsp3) is 0.240. The van der Waals surface area contributed by atoms with E-state index in [4.69, 9.17) is 0 Å². The first-order valence-electron chi connectivity index (χ1n) is 11.1. The second-order valence-corrected chi connectivity index (χ2v) is 9.46. The van der Waals surface area contributed by atoms with E-state index in [9.17, 15) is 20.4 Å². The number of amides is 1. The van der Waals surface area contributed by atoms with Crippen LogP contribution in [0.25, 0.3) is 16.6 Å². The van der Waals surface area contributed by atoms with Crippen molar-refractivity contribution in [3.8, 4) is 23.3 Å². The molecule has 0 radical (unpaired) electrons. The third-order valence-electron chi connectivity index (χ3n) is 6.07. The largest absolute Gasteiger partial charge is 0.384 e. The molecule has 1 saturated heterocycles. The number of pyridine rings is 1. The van der Waals surface area contributed by atoms with Gasteiger partial charge in [-0.3, -0.25) is 9.48 Å². The number of aromatic nitrogens is 4. The molecule has 1 N–H and O–H groups in total. The van der Waals surface area contributed by atoms with Crippen LogP contribution >= 0.6 is 11.8 Å². The lowest BCUT2D eigenvalue weighted by Gasteiger charge is -2.18. The Morgan fingerprint density at radius 2 is 1.91 bits per heavy atom. The number of aliphatic hydroxyl groups excluding tert-OH is 1. The summed E-state index contributed by atoms with van der Waals surface area (Å²) in [5.41, 5.74) is 3.44. The summed E-state index contributed by atoms with van der Waals surface area (Å²) < 4.78 is 3.54. The van der Waals surface area contributed by atoms with Gasteiger partial charge in [0.1, 0.15) is 18.2 Å². The van der Waals surface area contributed by atoms with Gasteiger partial charge in [0.05, 0.1) is 35.1 Å². The van der Waals surface area contributed by atoms with Gasteiger partial charge in [0.15, 0.2) is 0 Å². The van der Waals surface area contributed by atoms with Gasteiger partial charge in [0, 0.05) is 46.4 Å². The minimum Gasteiger partial charge on any atom is -0.384 e. The van der Waals surface area contributed by atoms with Gasteiger partial charge in [-0.2, -0.15) is 20.7 Å². The highest BCUT2D eigenvalue weighted by atomic mass is 32.2. The van der Waals surface area contributed by atoms with Crippen LogP contribution < -0.4 is 0 Å². The van der Waals surface area contributed by atoms with Crippen LogP contribution in [-0.4, -0.2) is 54.5 Å². The van der Waals surface area contributed by atoms with Crippen LogP contribution in [0.5, 0.6) is 0 Å². The third-order valence-corrected chi connectivity index (χ3v) is 7.17. The summed E-state index contributed by atoms with van der Waals surface area (Å²) in [7, 11) is 0. The second-order valence-electron chi connectivity index (χ2n) is 8.38. The first kappa shape index (κ1) is 22.7. The fourth-order valence-corrected chi connectivity index (χ4v) is 5.37. The Hall–Kier alpha value is -4.12. The first-order chi connectivity index (χ1) is 17.0. The summed E-state index contributed by atoms with van der Waals surface area (Å²) in [4.78, 5) is 15.4. The fourth-order valence-electron chi connectivity index (χ4n) is 4.28. The molecule has 4 aromatic rings. The molecule has 1 aliphatic rings. The van der Waals surface area contributed by atoms with Crippen LogP contribution in [0.3, 0.4) is 0 Å². The van der Waals surface area contributed by atoms with Gasteiger partial charge in [0.2, 0.25) is 0 Å².